The van der Waals surface area contributed by atoms with E-state index in [-0.39, 0.29) is 6.61 Å². The van der Waals surface area contributed by atoms with Crippen molar-refractivity contribution in [3.63, 3.8) is 0 Å². The number of carbonyl (C=O) groups excluding carboxylic acids is 3. The normalized spacial score (nSPS) is 24.8. The molecule has 0 spiro atoms. The summed E-state index contributed by atoms with van der Waals surface area (Å²) in [6.45, 7) is 5.34. The fourth-order valence-electron chi connectivity index (χ4n) is 1.47. The summed E-state index contributed by atoms with van der Waals surface area (Å²) in [7, 11) is 0. The van der Waals surface area contributed by atoms with Crippen molar-refractivity contribution in [1.29, 1.82) is 0 Å². The summed E-state index contributed by atoms with van der Waals surface area (Å²) >= 11 is 0. The minimum absolute atomic E-state index is 0.203. The van der Waals surface area contributed by atoms with Crippen molar-refractivity contribution in [2.45, 2.75) is 38.8 Å². The number of nitrogens with one attached hydrogen (secondary N) is 1. The van der Waals surface area contributed by atoms with Crippen LogP contribution in [-0.4, -0.2) is 36.6 Å². The number of aldehydes is 1. The van der Waals surface area contributed by atoms with Crippen molar-refractivity contribution in [2.24, 2.45) is 5.92 Å². The van der Waals surface area contributed by atoms with Crippen molar-refractivity contribution >= 4 is 18.3 Å². The van der Waals surface area contributed by atoms with Gasteiger partial charge in [0.1, 0.15) is 17.9 Å². The highest BCUT2D eigenvalue weighted by molar-refractivity contribution is 5.85. The molecule has 2 atom stereocenters. The monoisotopic (exact) mass is 243 g/mol. The maximum atomic E-state index is 11.5. The maximum Gasteiger partial charge on any atom is 0.408 e. The number of rotatable bonds is 2. The lowest BCUT2D eigenvalue weighted by Crippen LogP contribution is -2.51. The number of alkyl carbamates (subject to hydrolysis) is 1. The third-order valence-corrected chi connectivity index (χ3v) is 2.22. The summed E-state index contributed by atoms with van der Waals surface area (Å²) in [4.78, 5) is 33.7. The minimum atomic E-state index is -0.948. The van der Waals surface area contributed by atoms with Crippen molar-refractivity contribution in [3.8, 4) is 0 Å². The number of ether oxygens (including phenoxy) is 2. The van der Waals surface area contributed by atoms with Gasteiger partial charge < -0.3 is 19.6 Å². The Balaban J connectivity index is 2.61. The summed E-state index contributed by atoms with van der Waals surface area (Å²) in [5.41, 5.74) is -0.653. The van der Waals surface area contributed by atoms with Crippen molar-refractivity contribution < 1.29 is 23.9 Å². The Hall–Kier alpha value is -1.59. The quantitative estimate of drug-likeness (QED) is 0.568. The zero-order chi connectivity index (χ0) is 13.1. The Labute approximate surface area is 99.6 Å². The predicted molar refractivity (Wildman–Crippen MR) is 58.3 cm³/mol. The van der Waals surface area contributed by atoms with Gasteiger partial charge in [0.25, 0.3) is 0 Å². The van der Waals surface area contributed by atoms with Gasteiger partial charge >= 0.3 is 12.1 Å². The number of hydrogen-bond donors (Lipinski definition) is 1. The molecule has 0 aromatic rings. The zero-order valence-corrected chi connectivity index (χ0v) is 10.2. The van der Waals surface area contributed by atoms with Crippen LogP contribution in [0.1, 0.15) is 27.2 Å². The van der Waals surface area contributed by atoms with E-state index < -0.39 is 29.6 Å². The molecule has 1 aliphatic rings. The summed E-state index contributed by atoms with van der Waals surface area (Å²) in [6, 6.07) is -0.948. The Morgan fingerprint density at radius 2 is 2.18 bits per heavy atom. The van der Waals surface area contributed by atoms with Crippen LogP contribution in [0, 0.1) is 5.92 Å². The van der Waals surface area contributed by atoms with E-state index in [1.54, 1.807) is 20.8 Å². The largest absolute Gasteiger partial charge is 0.464 e. The first-order valence-corrected chi connectivity index (χ1v) is 5.45. The van der Waals surface area contributed by atoms with E-state index >= 15 is 0 Å². The van der Waals surface area contributed by atoms with Gasteiger partial charge in [-0.15, -0.1) is 0 Å². The van der Waals surface area contributed by atoms with Crippen molar-refractivity contribution in [2.75, 3.05) is 6.61 Å². The second kappa shape index (κ2) is 5.16. The second-order valence-corrected chi connectivity index (χ2v) is 4.88. The van der Waals surface area contributed by atoms with E-state index in [9.17, 15) is 14.4 Å². The van der Waals surface area contributed by atoms with Crippen molar-refractivity contribution in [3.05, 3.63) is 0 Å². The molecule has 0 aromatic carbocycles. The molecule has 1 N–H and O–H groups in total. The Kier molecular flexibility index (Phi) is 4.09. The Morgan fingerprint density at radius 1 is 1.53 bits per heavy atom. The van der Waals surface area contributed by atoms with Gasteiger partial charge in [-0.1, -0.05) is 0 Å². The van der Waals surface area contributed by atoms with Gasteiger partial charge in [0.15, 0.2) is 0 Å². The molecule has 2 unspecified atom stereocenters. The molecule has 17 heavy (non-hydrogen) atoms. The van der Waals surface area contributed by atoms with Crippen LogP contribution in [0.4, 0.5) is 4.79 Å². The Bertz CT molecular complexity index is 320. The third kappa shape index (κ3) is 4.05. The fraction of sp³-hybridized carbons (Fsp3) is 0.727. The molecule has 1 amide bonds. The minimum Gasteiger partial charge on any atom is -0.464 e. The number of amides is 1. The maximum absolute atomic E-state index is 11.5. The van der Waals surface area contributed by atoms with Gasteiger partial charge in [-0.05, 0) is 27.2 Å². The van der Waals surface area contributed by atoms with Crippen LogP contribution in [0.25, 0.3) is 0 Å². The molecule has 6 heteroatoms. The average Bonchev–Trinajstić information content (AvgIpc) is 2.18. The molecular weight excluding hydrogens is 226 g/mol. The molecule has 0 aliphatic carbocycles. The molecule has 0 radical (unpaired) electrons. The van der Waals surface area contributed by atoms with Crippen LogP contribution >= 0.6 is 0 Å². The molecule has 6 nitrogen and oxygen atoms in total. The molecular formula is C11H17NO5. The van der Waals surface area contributed by atoms with E-state index in [1.807, 2.05) is 0 Å². The van der Waals surface area contributed by atoms with Crippen molar-refractivity contribution in [1.82, 2.24) is 5.32 Å². The first kappa shape index (κ1) is 13.5. The van der Waals surface area contributed by atoms with Gasteiger partial charge in [-0.2, -0.15) is 0 Å². The molecule has 1 rings (SSSR count). The second-order valence-electron chi connectivity index (χ2n) is 4.88. The van der Waals surface area contributed by atoms with E-state index in [1.165, 1.54) is 0 Å². The van der Waals surface area contributed by atoms with Gasteiger partial charge in [0.2, 0.25) is 0 Å². The fourth-order valence-corrected chi connectivity index (χ4v) is 1.47. The standard InChI is InChI=1S/C11H17NO5/c1-11(2,3)17-10(15)12-8-7(6-13)4-5-16-9(8)14/h6-8H,4-5H2,1-3H3,(H,12,15). The summed E-state index contributed by atoms with van der Waals surface area (Å²) in [5.74, 6) is -1.15. The van der Waals surface area contributed by atoms with Gasteiger partial charge in [0.05, 0.1) is 6.61 Å². The highest BCUT2D eigenvalue weighted by atomic mass is 16.6. The van der Waals surface area contributed by atoms with Crippen LogP contribution in [0.15, 0.2) is 0 Å². The average molecular weight is 243 g/mol. The van der Waals surface area contributed by atoms with Crippen LogP contribution in [-0.2, 0) is 19.1 Å². The number of esters is 1. The molecule has 1 aliphatic heterocycles. The molecule has 96 valence electrons. The van der Waals surface area contributed by atoms with E-state index in [0.29, 0.717) is 12.7 Å². The molecule has 1 saturated heterocycles. The molecule has 0 aromatic heterocycles. The number of hydrogen-bond acceptors (Lipinski definition) is 5. The van der Waals surface area contributed by atoms with Gasteiger partial charge in [-0.3, -0.25) is 0 Å². The van der Waals surface area contributed by atoms with E-state index in [0.717, 1.165) is 0 Å². The zero-order valence-electron chi connectivity index (χ0n) is 10.2. The predicted octanol–water partition coefficient (Wildman–Crippen LogP) is 0.642. The molecule has 0 bridgehead atoms. The lowest BCUT2D eigenvalue weighted by atomic mass is 9.96. The van der Waals surface area contributed by atoms with Crippen LogP contribution in [0.3, 0.4) is 0 Å². The van der Waals surface area contributed by atoms with Crippen LogP contribution in [0.5, 0.6) is 0 Å². The smallest absolute Gasteiger partial charge is 0.408 e. The lowest BCUT2D eigenvalue weighted by molar-refractivity contribution is -0.154. The van der Waals surface area contributed by atoms with Gasteiger partial charge in [0, 0.05) is 5.92 Å². The molecule has 1 heterocycles. The summed E-state index contributed by atoms with van der Waals surface area (Å²) in [6.07, 6.45) is 0.339. The highest BCUT2D eigenvalue weighted by Crippen LogP contribution is 2.15. The van der Waals surface area contributed by atoms with E-state index in [2.05, 4.69) is 5.32 Å². The molecule has 1 fully saturated rings. The van der Waals surface area contributed by atoms with Crippen LogP contribution < -0.4 is 5.32 Å². The number of cyclic esters (lactones) is 1. The summed E-state index contributed by atoms with van der Waals surface area (Å²) < 4.78 is 9.79. The first-order valence-electron chi connectivity index (χ1n) is 5.45. The Morgan fingerprint density at radius 3 is 2.71 bits per heavy atom. The van der Waals surface area contributed by atoms with Crippen LogP contribution in [0.2, 0.25) is 0 Å². The molecule has 0 saturated carbocycles. The lowest BCUT2D eigenvalue weighted by Gasteiger charge is -2.28. The topological polar surface area (TPSA) is 81.7 Å². The highest BCUT2D eigenvalue weighted by Gasteiger charge is 2.35. The number of carbonyl (C=O) groups is 3. The SMILES string of the molecule is CC(C)(C)OC(=O)NC1C(=O)OCCC1C=O. The first-order chi connectivity index (χ1) is 7.83. The summed E-state index contributed by atoms with van der Waals surface area (Å²) in [5, 5.41) is 2.36. The third-order valence-electron chi connectivity index (χ3n) is 2.22. The van der Waals surface area contributed by atoms with Gasteiger partial charge in [-0.25, -0.2) is 9.59 Å². The van der Waals surface area contributed by atoms with E-state index in [4.69, 9.17) is 9.47 Å².